The van der Waals surface area contributed by atoms with Crippen LogP contribution in [0.4, 0.5) is 32.0 Å². The minimum absolute atomic E-state index is 0.0204. The summed E-state index contributed by atoms with van der Waals surface area (Å²) in [4.78, 5) is 0. The van der Waals surface area contributed by atoms with Crippen LogP contribution in [0.25, 0.3) is 11.1 Å². The van der Waals surface area contributed by atoms with E-state index in [-0.39, 0.29) is 5.56 Å². The van der Waals surface area contributed by atoms with E-state index in [1.54, 1.807) is 0 Å². The van der Waals surface area contributed by atoms with E-state index in [1.807, 2.05) is 0 Å². The molecule has 0 aliphatic carbocycles. The van der Waals surface area contributed by atoms with Crippen LogP contribution >= 0.6 is 0 Å². The monoisotopic (exact) mass is 319 g/mol. The van der Waals surface area contributed by atoms with Crippen molar-refractivity contribution in [2.24, 2.45) is 0 Å². The van der Waals surface area contributed by atoms with Crippen LogP contribution in [-0.2, 0) is 12.4 Å². The van der Waals surface area contributed by atoms with E-state index in [4.69, 9.17) is 5.73 Å². The Morgan fingerprint density at radius 3 is 1.73 bits per heavy atom. The number of aryl methyl sites for hydroxylation is 1. The number of nitrogen functional groups attached to an aromatic ring is 1. The van der Waals surface area contributed by atoms with Gasteiger partial charge in [0.1, 0.15) is 0 Å². The lowest BCUT2D eigenvalue weighted by Gasteiger charge is -2.18. The first kappa shape index (κ1) is 16.2. The first-order chi connectivity index (χ1) is 10.00. The maximum Gasteiger partial charge on any atom is 0.417 e. The van der Waals surface area contributed by atoms with Crippen LogP contribution in [0, 0.1) is 6.92 Å². The van der Waals surface area contributed by atoms with Crippen molar-refractivity contribution < 1.29 is 26.3 Å². The highest BCUT2D eigenvalue weighted by Crippen LogP contribution is 2.42. The fourth-order valence-electron chi connectivity index (χ4n) is 2.15. The largest absolute Gasteiger partial charge is 0.417 e. The fraction of sp³-hybridized carbons (Fsp3) is 0.200. The van der Waals surface area contributed by atoms with Crippen molar-refractivity contribution in [3.8, 4) is 11.1 Å². The molecule has 2 aromatic carbocycles. The number of alkyl halides is 6. The third kappa shape index (κ3) is 3.18. The van der Waals surface area contributed by atoms with Gasteiger partial charge in [-0.25, -0.2) is 0 Å². The lowest BCUT2D eigenvalue weighted by Crippen LogP contribution is -2.13. The van der Waals surface area contributed by atoms with E-state index >= 15 is 0 Å². The summed E-state index contributed by atoms with van der Waals surface area (Å²) in [6.07, 6.45) is -9.48. The molecule has 0 saturated heterocycles. The van der Waals surface area contributed by atoms with Gasteiger partial charge in [-0.05, 0) is 47.9 Å². The number of rotatable bonds is 1. The summed E-state index contributed by atoms with van der Waals surface area (Å²) in [7, 11) is 0. The average Bonchev–Trinajstić information content (AvgIpc) is 2.37. The van der Waals surface area contributed by atoms with Crippen LogP contribution < -0.4 is 5.73 Å². The van der Waals surface area contributed by atoms with E-state index in [0.29, 0.717) is 17.8 Å². The highest BCUT2D eigenvalue weighted by atomic mass is 19.4. The maximum absolute atomic E-state index is 13.1. The number of anilines is 1. The second kappa shape index (κ2) is 5.23. The number of nitrogens with two attached hydrogens (primary N) is 1. The van der Waals surface area contributed by atoms with Crippen molar-refractivity contribution in [3.05, 3.63) is 53.1 Å². The van der Waals surface area contributed by atoms with Crippen LogP contribution in [0.3, 0.4) is 0 Å². The van der Waals surface area contributed by atoms with Gasteiger partial charge in [0, 0.05) is 5.69 Å². The Morgan fingerprint density at radius 1 is 0.773 bits per heavy atom. The molecule has 0 fully saturated rings. The van der Waals surface area contributed by atoms with Gasteiger partial charge in [-0.1, -0.05) is 12.1 Å². The first-order valence-corrected chi connectivity index (χ1v) is 6.15. The Bertz CT molecular complexity index is 683. The first-order valence-electron chi connectivity index (χ1n) is 6.15. The molecule has 0 spiro atoms. The Balaban J connectivity index is 2.76. The molecule has 0 saturated carbocycles. The number of hydrogen-bond donors (Lipinski definition) is 1. The second-order valence-electron chi connectivity index (χ2n) is 4.83. The minimum Gasteiger partial charge on any atom is -0.399 e. The van der Waals surface area contributed by atoms with Crippen molar-refractivity contribution in [3.63, 3.8) is 0 Å². The number of halogens is 6. The molecule has 1 nitrogen and oxygen atoms in total. The third-order valence-corrected chi connectivity index (χ3v) is 3.20. The topological polar surface area (TPSA) is 26.0 Å². The zero-order chi connectivity index (χ0) is 16.7. The molecule has 0 heterocycles. The molecular formula is C15H11F6N. The van der Waals surface area contributed by atoms with E-state index in [0.717, 1.165) is 6.92 Å². The average molecular weight is 319 g/mol. The number of hydrogen-bond acceptors (Lipinski definition) is 1. The van der Waals surface area contributed by atoms with E-state index in [9.17, 15) is 26.3 Å². The molecule has 22 heavy (non-hydrogen) atoms. The van der Waals surface area contributed by atoms with Crippen molar-refractivity contribution in [1.82, 2.24) is 0 Å². The Morgan fingerprint density at radius 2 is 1.27 bits per heavy atom. The van der Waals surface area contributed by atoms with Crippen molar-refractivity contribution in [2.75, 3.05) is 5.73 Å². The van der Waals surface area contributed by atoms with Gasteiger partial charge in [0.15, 0.2) is 0 Å². The quantitative estimate of drug-likeness (QED) is 0.561. The molecule has 0 amide bonds. The summed E-state index contributed by atoms with van der Waals surface area (Å²) in [6, 6.07) is 6.24. The molecule has 2 N–H and O–H groups in total. The van der Waals surface area contributed by atoms with Crippen molar-refractivity contribution in [1.29, 1.82) is 0 Å². The fourth-order valence-corrected chi connectivity index (χ4v) is 2.15. The zero-order valence-corrected chi connectivity index (χ0v) is 11.3. The predicted octanol–water partition coefficient (Wildman–Crippen LogP) is 5.28. The van der Waals surface area contributed by atoms with Gasteiger partial charge in [-0.15, -0.1) is 0 Å². The Hall–Kier alpha value is -2.18. The van der Waals surface area contributed by atoms with Gasteiger partial charge < -0.3 is 5.73 Å². The smallest absolute Gasteiger partial charge is 0.399 e. The molecule has 0 bridgehead atoms. The minimum atomic E-state index is -4.76. The van der Waals surface area contributed by atoms with Crippen LogP contribution in [-0.4, -0.2) is 0 Å². The lowest BCUT2D eigenvalue weighted by atomic mass is 9.93. The molecular weight excluding hydrogens is 308 g/mol. The van der Waals surface area contributed by atoms with Crippen LogP contribution in [0.2, 0.25) is 0 Å². The van der Waals surface area contributed by atoms with Gasteiger partial charge in [0.05, 0.1) is 11.1 Å². The lowest BCUT2D eigenvalue weighted by molar-refractivity contribution is -0.141. The zero-order valence-electron chi connectivity index (χ0n) is 11.3. The van der Waals surface area contributed by atoms with Gasteiger partial charge in [-0.2, -0.15) is 26.3 Å². The Labute approximate surface area is 122 Å². The Kier molecular flexibility index (Phi) is 3.85. The highest BCUT2D eigenvalue weighted by Gasteiger charge is 2.38. The van der Waals surface area contributed by atoms with Gasteiger partial charge in [0.25, 0.3) is 0 Å². The highest BCUT2D eigenvalue weighted by molar-refractivity contribution is 5.71. The molecule has 0 atom stereocenters. The van der Waals surface area contributed by atoms with E-state index in [2.05, 4.69) is 0 Å². The van der Waals surface area contributed by atoms with Crippen molar-refractivity contribution in [2.45, 2.75) is 19.3 Å². The summed E-state index contributed by atoms with van der Waals surface area (Å²) in [5, 5.41) is 0. The van der Waals surface area contributed by atoms with Crippen LogP contribution in [0.15, 0.2) is 36.4 Å². The molecule has 0 radical (unpaired) electrons. The van der Waals surface area contributed by atoms with Crippen LogP contribution in [0.1, 0.15) is 16.7 Å². The molecule has 0 aliphatic heterocycles. The summed E-state index contributed by atoms with van der Waals surface area (Å²) in [6.45, 7) is 1.00. The molecule has 2 rings (SSSR count). The maximum atomic E-state index is 13.1. The molecule has 0 aromatic heterocycles. The van der Waals surface area contributed by atoms with Crippen molar-refractivity contribution >= 4 is 5.69 Å². The molecule has 0 aliphatic rings. The number of benzene rings is 2. The van der Waals surface area contributed by atoms with E-state index in [1.165, 1.54) is 24.3 Å². The summed E-state index contributed by atoms with van der Waals surface area (Å²) in [5.74, 6) is 0. The molecule has 118 valence electrons. The summed E-state index contributed by atoms with van der Waals surface area (Å²) < 4.78 is 78.2. The molecule has 7 heteroatoms. The third-order valence-electron chi connectivity index (χ3n) is 3.20. The van der Waals surface area contributed by atoms with Gasteiger partial charge >= 0.3 is 12.4 Å². The van der Waals surface area contributed by atoms with Crippen LogP contribution in [0.5, 0.6) is 0 Å². The summed E-state index contributed by atoms with van der Waals surface area (Å²) >= 11 is 0. The normalized spacial score (nSPS) is 12.5. The summed E-state index contributed by atoms with van der Waals surface area (Å²) in [5.41, 5.74) is 2.58. The predicted molar refractivity (Wildman–Crippen MR) is 71.0 cm³/mol. The van der Waals surface area contributed by atoms with E-state index < -0.39 is 34.6 Å². The molecule has 2 aromatic rings. The standard InChI is InChI=1S/C15H11F6N/c1-8-6-13(15(19,20)21)11(7-12(8)14(16,17)18)9-2-4-10(22)5-3-9/h2-7H,22H2,1H3. The van der Waals surface area contributed by atoms with Gasteiger partial charge in [0.2, 0.25) is 0 Å². The molecule has 0 unspecified atom stereocenters. The SMILES string of the molecule is Cc1cc(C(F)(F)F)c(-c2ccc(N)cc2)cc1C(F)(F)F. The second-order valence-corrected chi connectivity index (χ2v) is 4.83. The van der Waals surface area contributed by atoms with Gasteiger partial charge in [-0.3, -0.25) is 0 Å².